The van der Waals surface area contributed by atoms with Crippen molar-refractivity contribution in [1.82, 2.24) is 5.16 Å². The van der Waals surface area contributed by atoms with E-state index < -0.39 is 0 Å². The molecule has 0 spiro atoms. The Balaban J connectivity index is 2.02. The van der Waals surface area contributed by atoms with Crippen LogP contribution in [0.4, 0.5) is 5.69 Å². The van der Waals surface area contributed by atoms with Crippen LogP contribution in [0.1, 0.15) is 5.56 Å². The third-order valence-corrected chi connectivity index (χ3v) is 3.02. The largest absolute Gasteiger partial charge is 0.398 e. The highest BCUT2D eigenvalue weighted by Crippen LogP contribution is 2.29. The van der Waals surface area contributed by atoms with Gasteiger partial charge >= 0.3 is 0 Å². The van der Waals surface area contributed by atoms with Crippen LogP contribution in [0.2, 0.25) is 0 Å². The van der Waals surface area contributed by atoms with Gasteiger partial charge in [-0.3, -0.25) is 0 Å². The third kappa shape index (κ3) is 2.13. The zero-order valence-electron chi connectivity index (χ0n) is 10.6. The fourth-order valence-corrected chi connectivity index (χ4v) is 2.01. The van der Waals surface area contributed by atoms with Crippen LogP contribution in [0.25, 0.3) is 22.6 Å². The van der Waals surface area contributed by atoms with Crippen molar-refractivity contribution in [3.05, 3.63) is 60.2 Å². The van der Waals surface area contributed by atoms with Gasteiger partial charge in [0.25, 0.3) is 0 Å². The molecule has 0 aliphatic carbocycles. The molecule has 0 bridgehead atoms. The van der Waals surface area contributed by atoms with E-state index >= 15 is 0 Å². The highest BCUT2D eigenvalue weighted by atomic mass is 16.5. The van der Waals surface area contributed by atoms with Crippen LogP contribution in [0.5, 0.6) is 0 Å². The van der Waals surface area contributed by atoms with Crippen LogP contribution < -0.4 is 5.73 Å². The predicted molar refractivity (Wildman–Crippen MR) is 76.5 cm³/mol. The van der Waals surface area contributed by atoms with Crippen LogP contribution in [-0.2, 0) is 0 Å². The highest BCUT2D eigenvalue weighted by molar-refractivity contribution is 5.76. The first-order valence-electron chi connectivity index (χ1n) is 6.10. The molecule has 0 radical (unpaired) electrons. The van der Waals surface area contributed by atoms with Gasteiger partial charge in [0, 0.05) is 22.9 Å². The lowest BCUT2D eigenvalue weighted by molar-refractivity contribution is 0.435. The molecule has 0 aliphatic heterocycles. The van der Waals surface area contributed by atoms with Crippen LogP contribution in [0, 0.1) is 11.3 Å². The molecule has 2 N–H and O–H groups in total. The molecule has 0 amide bonds. The van der Waals surface area contributed by atoms with Crippen LogP contribution in [0.3, 0.4) is 0 Å². The Morgan fingerprint density at radius 1 is 1.05 bits per heavy atom. The molecule has 1 aromatic heterocycles. The zero-order chi connectivity index (χ0) is 13.9. The van der Waals surface area contributed by atoms with E-state index in [1.54, 1.807) is 12.1 Å². The molecule has 20 heavy (non-hydrogen) atoms. The molecule has 4 nitrogen and oxygen atoms in total. The van der Waals surface area contributed by atoms with Gasteiger partial charge in [-0.05, 0) is 18.2 Å². The van der Waals surface area contributed by atoms with Gasteiger partial charge in [0.2, 0.25) is 0 Å². The molecule has 1 heterocycles. The molecule has 3 aromatic rings. The van der Waals surface area contributed by atoms with E-state index in [2.05, 4.69) is 11.2 Å². The van der Waals surface area contributed by atoms with Gasteiger partial charge in [-0.1, -0.05) is 35.5 Å². The lowest BCUT2D eigenvalue weighted by atomic mass is 10.1. The predicted octanol–water partition coefficient (Wildman–Crippen LogP) is 3.46. The number of nitriles is 1. The molecule has 0 fully saturated rings. The number of para-hydroxylation sites is 1. The number of nitrogen functional groups attached to an aromatic ring is 1. The van der Waals surface area contributed by atoms with Gasteiger partial charge in [-0.15, -0.1) is 0 Å². The SMILES string of the molecule is N#Cc1cccc(-c2cc(-c3ccccc3N)no2)c1. The van der Waals surface area contributed by atoms with Crippen molar-refractivity contribution in [3.8, 4) is 28.7 Å². The molecule has 0 saturated carbocycles. The summed E-state index contributed by atoms with van der Waals surface area (Å²) in [5.41, 5.74) is 9.49. The molecule has 2 aromatic carbocycles. The summed E-state index contributed by atoms with van der Waals surface area (Å²) in [4.78, 5) is 0. The minimum absolute atomic E-state index is 0.583. The molecular weight excluding hydrogens is 250 g/mol. The topological polar surface area (TPSA) is 75.8 Å². The van der Waals surface area contributed by atoms with Crippen LogP contribution in [0.15, 0.2) is 59.1 Å². The number of benzene rings is 2. The van der Waals surface area contributed by atoms with Gasteiger partial charge in [-0.25, -0.2) is 0 Å². The zero-order valence-corrected chi connectivity index (χ0v) is 10.6. The molecule has 0 atom stereocenters. The number of aromatic nitrogens is 1. The average molecular weight is 261 g/mol. The fraction of sp³-hybridized carbons (Fsp3) is 0. The Labute approximate surface area is 116 Å². The van der Waals surface area contributed by atoms with Crippen molar-refractivity contribution in [1.29, 1.82) is 5.26 Å². The summed E-state index contributed by atoms with van der Waals surface area (Å²) in [5.74, 6) is 0.611. The smallest absolute Gasteiger partial charge is 0.167 e. The standard InChI is InChI=1S/C16H11N3O/c17-10-11-4-3-5-12(8-11)16-9-15(19-20-16)13-6-1-2-7-14(13)18/h1-9H,18H2. The Morgan fingerprint density at radius 2 is 1.90 bits per heavy atom. The molecule has 0 unspecified atom stereocenters. The second-order valence-corrected chi connectivity index (χ2v) is 4.36. The second-order valence-electron chi connectivity index (χ2n) is 4.36. The van der Waals surface area contributed by atoms with Crippen molar-refractivity contribution < 1.29 is 4.52 Å². The first-order valence-corrected chi connectivity index (χ1v) is 6.10. The average Bonchev–Trinajstić information content (AvgIpc) is 2.97. The quantitative estimate of drug-likeness (QED) is 0.717. The van der Waals surface area contributed by atoms with Crippen molar-refractivity contribution in [2.24, 2.45) is 0 Å². The summed E-state index contributed by atoms with van der Waals surface area (Å²) in [5, 5.41) is 13.0. The Bertz CT molecular complexity index is 799. The first-order chi connectivity index (χ1) is 9.78. The fourth-order valence-electron chi connectivity index (χ4n) is 2.01. The minimum atomic E-state index is 0.583. The molecule has 4 heteroatoms. The summed E-state index contributed by atoms with van der Waals surface area (Å²) < 4.78 is 5.34. The van der Waals surface area contributed by atoms with E-state index in [4.69, 9.17) is 15.5 Å². The van der Waals surface area contributed by atoms with Crippen molar-refractivity contribution >= 4 is 5.69 Å². The first kappa shape index (κ1) is 12.0. The third-order valence-electron chi connectivity index (χ3n) is 3.02. The van der Waals surface area contributed by atoms with E-state index in [1.807, 2.05) is 42.5 Å². The summed E-state index contributed by atoms with van der Waals surface area (Å²) >= 11 is 0. The summed E-state index contributed by atoms with van der Waals surface area (Å²) in [6, 6.07) is 18.6. The van der Waals surface area contributed by atoms with Gasteiger partial charge < -0.3 is 10.3 Å². The summed E-state index contributed by atoms with van der Waals surface area (Å²) in [6.07, 6.45) is 0. The number of hydrogen-bond donors (Lipinski definition) is 1. The van der Waals surface area contributed by atoms with E-state index in [0.717, 1.165) is 11.1 Å². The van der Waals surface area contributed by atoms with E-state index in [0.29, 0.717) is 22.7 Å². The van der Waals surface area contributed by atoms with E-state index in [9.17, 15) is 0 Å². The normalized spacial score (nSPS) is 10.2. The number of nitrogens with two attached hydrogens (primary N) is 1. The summed E-state index contributed by atoms with van der Waals surface area (Å²) in [7, 11) is 0. The maximum absolute atomic E-state index is 8.92. The number of nitrogens with zero attached hydrogens (tertiary/aromatic N) is 2. The molecule has 96 valence electrons. The van der Waals surface area contributed by atoms with E-state index in [1.165, 1.54) is 0 Å². The number of anilines is 1. The number of hydrogen-bond acceptors (Lipinski definition) is 4. The van der Waals surface area contributed by atoms with Crippen molar-refractivity contribution in [3.63, 3.8) is 0 Å². The molecular formula is C16H11N3O. The van der Waals surface area contributed by atoms with Crippen molar-refractivity contribution in [2.75, 3.05) is 5.73 Å². The van der Waals surface area contributed by atoms with Gasteiger partial charge in [0.05, 0.1) is 11.6 Å². The summed E-state index contributed by atoms with van der Waals surface area (Å²) in [6.45, 7) is 0. The van der Waals surface area contributed by atoms with E-state index in [-0.39, 0.29) is 0 Å². The maximum atomic E-state index is 8.92. The lowest BCUT2D eigenvalue weighted by Gasteiger charge is -1.99. The highest BCUT2D eigenvalue weighted by Gasteiger charge is 2.10. The second kappa shape index (κ2) is 4.90. The van der Waals surface area contributed by atoms with Crippen molar-refractivity contribution in [2.45, 2.75) is 0 Å². The Kier molecular flexibility index (Phi) is 2.94. The molecule has 0 aliphatic rings. The number of rotatable bonds is 2. The minimum Gasteiger partial charge on any atom is -0.398 e. The van der Waals surface area contributed by atoms with Gasteiger partial charge in [0.1, 0.15) is 5.69 Å². The Morgan fingerprint density at radius 3 is 2.70 bits per heavy atom. The van der Waals surface area contributed by atoms with Gasteiger partial charge in [-0.2, -0.15) is 5.26 Å². The maximum Gasteiger partial charge on any atom is 0.167 e. The Hall–Kier alpha value is -3.06. The van der Waals surface area contributed by atoms with Crippen LogP contribution in [-0.4, -0.2) is 5.16 Å². The molecule has 3 rings (SSSR count). The molecule has 0 saturated heterocycles. The lowest BCUT2D eigenvalue weighted by Crippen LogP contribution is -1.88. The monoisotopic (exact) mass is 261 g/mol. The van der Waals surface area contributed by atoms with Gasteiger partial charge in [0.15, 0.2) is 5.76 Å². The van der Waals surface area contributed by atoms with Crippen LogP contribution >= 0.6 is 0 Å².